The van der Waals surface area contributed by atoms with E-state index in [9.17, 15) is 4.79 Å². The summed E-state index contributed by atoms with van der Waals surface area (Å²) in [7, 11) is 0. The van der Waals surface area contributed by atoms with E-state index in [0.29, 0.717) is 16.6 Å². The zero-order valence-electron chi connectivity index (χ0n) is 7.11. The summed E-state index contributed by atoms with van der Waals surface area (Å²) < 4.78 is 0. The fourth-order valence-electron chi connectivity index (χ4n) is 1.26. The first-order valence-corrected chi connectivity index (χ1v) is 3.90. The third-order valence-corrected chi connectivity index (χ3v) is 1.86. The molecule has 0 atom stereocenters. The van der Waals surface area contributed by atoms with Crippen molar-refractivity contribution in [2.45, 2.75) is 0 Å². The fraction of sp³-hybridized carbons (Fsp3) is 0. The molecule has 0 fully saturated rings. The maximum Gasteiger partial charge on any atom is 0.346 e. The highest BCUT2D eigenvalue weighted by molar-refractivity contribution is 5.85. The van der Waals surface area contributed by atoms with Crippen LogP contribution in [-0.2, 0) is 0 Å². The van der Waals surface area contributed by atoms with Gasteiger partial charge in [-0.3, -0.25) is 0 Å². The van der Waals surface area contributed by atoms with Crippen molar-refractivity contribution in [2.75, 3.05) is 5.73 Å². The number of H-pyrrole nitrogens is 1. The minimum atomic E-state index is -0.529. The first kappa shape index (κ1) is 8.26. The van der Waals surface area contributed by atoms with Gasteiger partial charge in [-0.05, 0) is 18.2 Å². The molecule has 0 aliphatic heterocycles. The lowest BCUT2D eigenvalue weighted by Crippen LogP contribution is -2.11. The van der Waals surface area contributed by atoms with E-state index < -0.39 is 5.69 Å². The van der Waals surface area contributed by atoms with Gasteiger partial charge in [-0.15, -0.1) is 0 Å². The number of nitrogen functional groups attached to an aromatic ring is 1. The normalized spacial score (nSPS) is 9.93. The van der Waals surface area contributed by atoms with Crippen molar-refractivity contribution in [2.24, 2.45) is 0 Å². The number of nitrogens with two attached hydrogens (primary N) is 1. The van der Waals surface area contributed by atoms with Crippen LogP contribution in [0, 0.1) is 11.3 Å². The van der Waals surface area contributed by atoms with Gasteiger partial charge in [-0.2, -0.15) is 10.2 Å². The number of aromatic nitrogens is 2. The highest BCUT2D eigenvalue weighted by Crippen LogP contribution is 2.15. The Balaban J connectivity index is 2.98. The molecule has 3 N–H and O–H groups in total. The Morgan fingerprint density at radius 1 is 1.50 bits per heavy atom. The van der Waals surface area contributed by atoms with Crippen LogP contribution in [0.2, 0.25) is 0 Å². The molecule has 0 unspecified atom stereocenters. The van der Waals surface area contributed by atoms with Crippen LogP contribution in [-0.4, -0.2) is 9.97 Å². The Bertz CT molecular complexity index is 594. The lowest BCUT2D eigenvalue weighted by molar-refractivity contribution is 1.10. The van der Waals surface area contributed by atoms with Gasteiger partial charge in [0.25, 0.3) is 0 Å². The van der Waals surface area contributed by atoms with Crippen LogP contribution < -0.4 is 11.4 Å². The Morgan fingerprint density at radius 3 is 3.00 bits per heavy atom. The first-order valence-electron chi connectivity index (χ1n) is 3.90. The average molecular weight is 186 g/mol. The second kappa shape index (κ2) is 2.85. The molecule has 1 aromatic carbocycles. The van der Waals surface area contributed by atoms with Gasteiger partial charge in [0.2, 0.25) is 0 Å². The molecular formula is C9H6N4O. The van der Waals surface area contributed by atoms with Gasteiger partial charge in [0.15, 0.2) is 5.69 Å². The van der Waals surface area contributed by atoms with E-state index in [1.807, 2.05) is 6.07 Å². The summed E-state index contributed by atoms with van der Waals surface area (Å²) in [6, 6.07) is 6.76. The summed E-state index contributed by atoms with van der Waals surface area (Å²) in [6.07, 6.45) is 0. The molecule has 0 saturated heterocycles. The van der Waals surface area contributed by atoms with E-state index >= 15 is 0 Å². The monoisotopic (exact) mass is 186 g/mol. The topological polar surface area (TPSA) is 95.6 Å². The lowest BCUT2D eigenvalue weighted by atomic mass is 10.2. The highest BCUT2D eigenvalue weighted by atomic mass is 16.1. The summed E-state index contributed by atoms with van der Waals surface area (Å²) >= 11 is 0. The van der Waals surface area contributed by atoms with Crippen LogP contribution in [0.5, 0.6) is 0 Å². The highest BCUT2D eigenvalue weighted by Gasteiger charge is 2.03. The van der Waals surface area contributed by atoms with Crippen molar-refractivity contribution in [1.82, 2.24) is 9.97 Å². The molecule has 0 aliphatic rings. The first-order chi connectivity index (χ1) is 6.70. The minimum Gasteiger partial charge on any atom is -0.399 e. The van der Waals surface area contributed by atoms with Gasteiger partial charge >= 0.3 is 5.69 Å². The third kappa shape index (κ3) is 1.19. The van der Waals surface area contributed by atoms with Crippen molar-refractivity contribution >= 4 is 16.6 Å². The van der Waals surface area contributed by atoms with E-state index in [2.05, 4.69) is 9.97 Å². The maximum atomic E-state index is 11.0. The van der Waals surface area contributed by atoms with Crippen molar-refractivity contribution in [3.8, 4) is 6.07 Å². The van der Waals surface area contributed by atoms with Crippen LogP contribution in [0.1, 0.15) is 5.69 Å². The molecule has 68 valence electrons. The molecule has 0 aliphatic carbocycles. The molecule has 2 aromatic rings. The van der Waals surface area contributed by atoms with Gasteiger partial charge < -0.3 is 10.7 Å². The third-order valence-electron chi connectivity index (χ3n) is 1.86. The molecule has 1 aromatic heterocycles. The summed E-state index contributed by atoms with van der Waals surface area (Å²) in [5.74, 6) is 0. The van der Waals surface area contributed by atoms with Crippen molar-refractivity contribution in [1.29, 1.82) is 5.26 Å². The van der Waals surface area contributed by atoms with Gasteiger partial charge in [-0.1, -0.05) is 0 Å². The number of benzene rings is 1. The van der Waals surface area contributed by atoms with E-state index in [1.54, 1.807) is 18.2 Å². The molecule has 0 radical (unpaired) electrons. The molecule has 5 heteroatoms. The Morgan fingerprint density at radius 2 is 2.29 bits per heavy atom. The number of fused-ring (bicyclic) bond motifs is 1. The zero-order valence-corrected chi connectivity index (χ0v) is 7.11. The van der Waals surface area contributed by atoms with Crippen molar-refractivity contribution < 1.29 is 0 Å². The maximum absolute atomic E-state index is 11.0. The SMILES string of the molecule is N#Cc1nc(=O)[nH]c2ccc(N)cc12. The second-order valence-corrected chi connectivity index (χ2v) is 2.81. The van der Waals surface area contributed by atoms with E-state index in [4.69, 9.17) is 11.0 Å². The largest absolute Gasteiger partial charge is 0.399 e. The minimum absolute atomic E-state index is 0.0936. The molecule has 1 heterocycles. The number of rotatable bonds is 0. The average Bonchev–Trinajstić information content (AvgIpc) is 2.17. The van der Waals surface area contributed by atoms with Crippen LogP contribution in [0.25, 0.3) is 10.9 Å². The van der Waals surface area contributed by atoms with Crippen molar-refractivity contribution in [3.63, 3.8) is 0 Å². The van der Waals surface area contributed by atoms with Gasteiger partial charge in [-0.25, -0.2) is 4.79 Å². The summed E-state index contributed by atoms with van der Waals surface area (Å²) in [6.45, 7) is 0. The smallest absolute Gasteiger partial charge is 0.346 e. The molecule has 0 saturated carbocycles. The quantitative estimate of drug-likeness (QED) is 0.581. The van der Waals surface area contributed by atoms with Gasteiger partial charge in [0, 0.05) is 11.1 Å². The van der Waals surface area contributed by atoms with Crippen LogP contribution >= 0.6 is 0 Å². The molecule has 5 nitrogen and oxygen atoms in total. The van der Waals surface area contributed by atoms with Gasteiger partial charge in [0.05, 0.1) is 5.52 Å². The number of nitrogens with zero attached hydrogens (tertiary/aromatic N) is 2. The zero-order chi connectivity index (χ0) is 10.1. The molecule has 2 rings (SSSR count). The standard InChI is InChI=1S/C9H6N4O/c10-4-8-6-3-5(11)1-2-7(6)12-9(14)13-8/h1-3H,11H2,(H,12,13,14). The Kier molecular flexibility index (Phi) is 1.68. The molecular weight excluding hydrogens is 180 g/mol. The number of hydrogen-bond acceptors (Lipinski definition) is 4. The van der Waals surface area contributed by atoms with Crippen LogP contribution in [0.4, 0.5) is 5.69 Å². The van der Waals surface area contributed by atoms with E-state index in [1.165, 1.54) is 0 Å². The second-order valence-electron chi connectivity index (χ2n) is 2.81. The predicted molar refractivity (Wildman–Crippen MR) is 51.5 cm³/mol. The molecule has 0 bridgehead atoms. The molecule has 14 heavy (non-hydrogen) atoms. The number of nitriles is 1. The van der Waals surface area contributed by atoms with E-state index in [0.717, 1.165) is 0 Å². The number of aromatic amines is 1. The fourth-order valence-corrected chi connectivity index (χ4v) is 1.26. The predicted octanol–water partition coefficient (Wildman–Crippen LogP) is 0.377. The lowest BCUT2D eigenvalue weighted by Gasteiger charge is -1.99. The van der Waals surface area contributed by atoms with E-state index in [-0.39, 0.29) is 5.69 Å². The molecule has 0 amide bonds. The summed E-state index contributed by atoms with van der Waals surface area (Å²) in [5, 5.41) is 9.31. The van der Waals surface area contributed by atoms with Crippen LogP contribution in [0.3, 0.4) is 0 Å². The Hall–Kier alpha value is -2.35. The number of nitrogens with one attached hydrogen (secondary N) is 1. The van der Waals surface area contributed by atoms with Gasteiger partial charge in [0.1, 0.15) is 6.07 Å². The number of hydrogen-bond donors (Lipinski definition) is 2. The summed E-state index contributed by atoms with van der Waals surface area (Å²) in [5.41, 5.74) is 6.22. The number of anilines is 1. The summed E-state index contributed by atoms with van der Waals surface area (Å²) in [4.78, 5) is 17.1. The van der Waals surface area contributed by atoms with Crippen LogP contribution in [0.15, 0.2) is 23.0 Å². The Labute approximate surface area is 78.8 Å². The van der Waals surface area contributed by atoms with Crippen molar-refractivity contribution in [3.05, 3.63) is 34.4 Å². The molecule has 0 spiro atoms.